The minimum atomic E-state index is -1.72. The van der Waals surface area contributed by atoms with Crippen LogP contribution in [0.5, 0.6) is 11.5 Å². The van der Waals surface area contributed by atoms with Crippen LogP contribution in [0.1, 0.15) is 25.3 Å². The van der Waals surface area contributed by atoms with Crippen LogP contribution in [0, 0.1) is 56.7 Å². The average Bonchev–Trinajstić information content (AvgIpc) is 2.75. The van der Waals surface area contributed by atoms with E-state index in [0.29, 0.717) is 37.8 Å². The molecule has 2 N–H and O–H groups in total. The van der Waals surface area contributed by atoms with E-state index in [9.17, 15) is 15.8 Å². The fourth-order valence-corrected chi connectivity index (χ4v) is 4.37. The van der Waals surface area contributed by atoms with E-state index in [1.54, 1.807) is 12.1 Å². The molecule has 1 fully saturated rings. The smallest absolute Gasteiger partial charge is 0.189 e. The number of hydrogen-bond acceptors (Lipinski definition) is 7. The first-order valence-electron chi connectivity index (χ1n) is 9.69. The topological polar surface area (TPSA) is 126 Å². The largest absolute Gasteiger partial charge is 0.490 e. The molecule has 0 radical (unpaired) electrons. The molecular weight excluding hydrogens is 366 g/mol. The molecule has 1 aliphatic heterocycles. The third-order valence-electron chi connectivity index (χ3n) is 5.60. The molecule has 0 saturated heterocycles. The van der Waals surface area contributed by atoms with Gasteiger partial charge in [-0.1, -0.05) is 12.1 Å². The quantitative estimate of drug-likeness (QED) is 0.746. The molecule has 1 heterocycles. The Kier molecular flexibility index (Phi) is 5.87. The highest BCUT2D eigenvalue weighted by Gasteiger charge is 2.57. The molecule has 0 unspecified atom stereocenters. The zero-order valence-electron chi connectivity index (χ0n) is 16.5. The average molecular weight is 389 g/mol. The van der Waals surface area contributed by atoms with E-state index < -0.39 is 17.3 Å². The molecule has 1 saturated carbocycles. The highest BCUT2D eigenvalue weighted by molar-refractivity contribution is 6.00. The Morgan fingerprint density at radius 1 is 1.14 bits per heavy atom. The lowest BCUT2D eigenvalue weighted by atomic mass is 9.54. The van der Waals surface area contributed by atoms with Crippen LogP contribution in [0.15, 0.2) is 29.8 Å². The molecule has 2 aliphatic rings. The molecule has 3 atom stereocenters. The zero-order chi connectivity index (χ0) is 21.0. The van der Waals surface area contributed by atoms with Crippen molar-refractivity contribution in [2.75, 3.05) is 26.3 Å². The van der Waals surface area contributed by atoms with Gasteiger partial charge in [-0.05, 0) is 37.1 Å². The second kappa shape index (κ2) is 8.35. The van der Waals surface area contributed by atoms with Gasteiger partial charge in [-0.3, -0.25) is 0 Å². The van der Waals surface area contributed by atoms with Gasteiger partial charge in [0.2, 0.25) is 0 Å². The molecule has 0 bridgehead atoms. The van der Waals surface area contributed by atoms with Crippen molar-refractivity contribution in [3.63, 3.8) is 0 Å². The van der Waals surface area contributed by atoms with Gasteiger partial charge in [-0.2, -0.15) is 15.8 Å². The van der Waals surface area contributed by atoms with Gasteiger partial charge in [0.25, 0.3) is 0 Å². The number of nitrogens with one attached hydrogen (secondary N) is 2. The number of nitriles is 3. The molecule has 7 nitrogen and oxygen atoms in total. The first-order valence-corrected chi connectivity index (χ1v) is 9.69. The van der Waals surface area contributed by atoms with Crippen molar-refractivity contribution in [2.24, 2.45) is 17.3 Å². The van der Waals surface area contributed by atoms with Gasteiger partial charge in [0.15, 0.2) is 16.9 Å². The van der Waals surface area contributed by atoms with Crippen LogP contribution in [0.3, 0.4) is 0 Å². The Balaban J connectivity index is 2.21. The van der Waals surface area contributed by atoms with E-state index >= 15 is 0 Å². The SMILES string of the molecule is CCOc1ccc([C@H]2[C@@H]3CNCC=C3[C@H](C#N)C(=N)C2(C#N)C#N)cc1OCC. The van der Waals surface area contributed by atoms with Crippen molar-refractivity contribution in [1.29, 1.82) is 21.2 Å². The highest BCUT2D eigenvalue weighted by Crippen LogP contribution is 2.53. The van der Waals surface area contributed by atoms with E-state index in [1.807, 2.05) is 26.0 Å². The van der Waals surface area contributed by atoms with Crippen LogP contribution < -0.4 is 14.8 Å². The van der Waals surface area contributed by atoms with Gasteiger partial charge in [0, 0.05) is 24.9 Å². The highest BCUT2D eigenvalue weighted by atomic mass is 16.5. The Bertz CT molecular complexity index is 949. The predicted octanol–water partition coefficient (Wildman–Crippen LogP) is 2.92. The van der Waals surface area contributed by atoms with Gasteiger partial charge in [-0.15, -0.1) is 0 Å². The number of fused-ring (bicyclic) bond motifs is 1. The summed E-state index contributed by atoms with van der Waals surface area (Å²) in [6.07, 6.45) is 1.92. The summed E-state index contributed by atoms with van der Waals surface area (Å²) < 4.78 is 11.4. The fourth-order valence-electron chi connectivity index (χ4n) is 4.37. The standard InChI is InChI=1S/C22H23N5O2/c1-3-28-18-6-5-14(9-19(18)29-4-2)20-17-11-27-8-7-15(17)16(10-23)21(26)22(20,12-24)13-25/h5-7,9,16-17,20,26-27H,3-4,8,11H2,1-2H3/t16-,17+,20-/m0/s1. The summed E-state index contributed by atoms with van der Waals surface area (Å²) in [5.74, 6) is -0.555. The van der Waals surface area contributed by atoms with Gasteiger partial charge in [-0.25, -0.2) is 0 Å². The fraction of sp³-hybridized carbons (Fsp3) is 0.455. The lowest BCUT2D eigenvalue weighted by Gasteiger charge is -2.45. The first kappa shape index (κ1) is 20.4. The number of benzene rings is 1. The number of nitrogens with zero attached hydrogens (tertiary/aromatic N) is 3. The Morgan fingerprint density at radius 3 is 2.45 bits per heavy atom. The van der Waals surface area contributed by atoms with E-state index in [4.69, 9.17) is 14.9 Å². The van der Waals surface area contributed by atoms with Gasteiger partial charge < -0.3 is 20.2 Å². The number of hydrogen-bond donors (Lipinski definition) is 2. The minimum Gasteiger partial charge on any atom is -0.490 e. The van der Waals surface area contributed by atoms with E-state index in [-0.39, 0.29) is 11.6 Å². The normalized spacial score (nSPS) is 24.9. The maximum absolute atomic E-state index is 10.0. The van der Waals surface area contributed by atoms with Crippen LogP contribution in [0.4, 0.5) is 0 Å². The summed E-state index contributed by atoms with van der Waals surface area (Å²) in [4.78, 5) is 0. The van der Waals surface area contributed by atoms with E-state index in [0.717, 1.165) is 11.1 Å². The summed E-state index contributed by atoms with van der Waals surface area (Å²) in [6, 6.07) is 11.7. The third kappa shape index (κ3) is 3.23. The second-order valence-electron chi connectivity index (χ2n) is 7.03. The molecule has 29 heavy (non-hydrogen) atoms. The second-order valence-corrected chi connectivity index (χ2v) is 7.03. The monoisotopic (exact) mass is 389 g/mol. The molecule has 7 heteroatoms. The Hall–Kier alpha value is -3.34. The lowest BCUT2D eigenvalue weighted by Crippen LogP contribution is -2.52. The predicted molar refractivity (Wildman–Crippen MR) is 106 cm³/mol. The Labute approximate surface area is 170 Å². The van der Waals surface area contributed by atoms with Crippen LogP contribution in [0.25, 0.3) is 0 Å². The summed E-state index contributed by atoms with van der Waals surface area (Å²) in [5.41, 5.74) is -0.334. The number of rotatable bonds is 5. The first-order chi connectivity index (χ1) is 14.1. The van der Waals surface area contributed by atoms with Gasteiger partial charge in [0.1, 0.15) is 5.92 Å². The Morgan fingerprint density at radius 2 is 1.83 bits per heavy atom. The van der Waals surface area contributed by atoms with E-state index in [1.165, 1.54) is 0 Å². The summed E-state index contributed by atoms with van der Waals surface area (Å²) >= 11 is 0. The van der Waals surface area contributed by atoms with Crippen molar-refractivity contribution < 1.29 is 9.47 Å². The molecule has 1 aromatic rings. The van der Waals surface area contributed by atoms with Crippen molar-refractivity contribution in [2.45, 2.75) is 19.8 Å². The molecule has 148 valence electrons. The lowest BCUT2D eigenvalue weighted by molar-refractivity contribution is 0.285. The van der Waals surface area contributed by atoms with Crippen molar-refractivity contribution in [1.82, 2.24) is 5.32 Å². The van der Waals surface area contributed by atoms with E-state index in [2.05, 4.69) is 23.5 Å². The maximum Gasteiger partial charge on any atom is 0.189 e. The van der Waals surface area contributed by atoms with Crippen molar-refractivity contribution in [3.8, 4) is 29.7 Å². The molecule has 3 rings (SSSR count). The van der Waals surface area contributed by atoms with Crippen LogP contribution in [0.2, 0.25) is 0 Å². The third-order valence-corrected chi connectivity index (χ3v) is 5.60. The summed E-state index contributed by atoms with van der Waals surface area (Å²) in [7, 11) is 0. The minimum absolute atomic E-state index is 0.147. The molecule has 0 spiro atoms. The van der Waals surface area contributed by atoms with Crippen LogP contribution in [-0.2, 0) is 0 Å². The zero-order valence-corrected chi connectivity index (χ0v) is 16.5. The molecule has 1 aromatic carbocycles. The summed E-state index contributed by atoms with van der Waals surface area (Å²) in [5, 5.41) is 41.6. The molecule has 0 aromatic heterocycles. The maximum atomic E-state index is 10.0. The molecular formula is C22H23N5O2. The molecule has 0 amide bonds. The molecule has 1 aliphatic carbocycles. The van der Waals surface area contributed by atoms with Crippen molar-refractivity contribution >= 4 is 5.71 Å². The van der Waals surface area contributed by atoms with Crippen molar-refractivity contribution in [3.05, 3.63) is 35.4 Å². The summed E-state index contributed by atoms with van der Waals surface area (Å²) in [6.45, 7) is 5.81. The van der Waals surface area contributed by atoms with Crippen LogP contribution >= 0.6 is 0 Å². The van der Waals surface area contributed by atoms with Crippen LogP contribution in [-0.4, -0.2) is 32.0 Å². The van der Waals surface area contributed by atoms with Gasteiger partial charge >= 0.3 is 0 Å². The number of ether oxygens (including phenoxy) is 2. The van der Waals surface area contributed by atoms with Gasteiger partial charge in [0.05, 0.1) is 37.1 Å².